The Kier molecular flexibility index (Phi) is 3.35. The molecule has 2 aromatic rings. The molecule has 0 saturated carbocycles. The average Bonchev–Trinajstić information content (AvgIpc) is 2.89. The van der Waals surface area contributed by atoms with Gasteiger partial charge in [0, 0.05) is 26.2 Å². The summed E-state index contributed by atoms with van der Waals surface area (Å²) >= 11 is 0. The van der Waals surface area contributed by atoms with Gasteiger partial charge in [-0.25, -0.2) is 4.98 Å². The minimum absolute atomic E-state index is 0.792. The molecule has 0 atom stereocenters. The molecule has 5 heteroatoms. The Balaban J connectivity index is 1.86. The van der Waals surface area contributed by atoms with E-state index in [2.05, 4.69) is 50.1 Å². The van der Waals surface area contributed by atoms with E-state index in [1.807, 2.05) is 6.20 Å². The van der Waals surface area contributed by atoms with Gasteiger partial charge >= 0.3 is 0 Å². The van der Waals surface area contributed by atoms with Gasteiger partial charge in [-0.1, -0.05) is 24.3 Å². The number of hydrogen-bond donors (Lipinski definition) is 1. The Bertz CT molecular complexity index is 713. The number of ether oxygens (including phenoxy) is 1. The van der Waals surface area contributed by atoms with Gasteiger partial charge in [0.2, 0.25) is 5.88 Å². The lowest BCUT2D eigenvalue weighted by Crippen LogP contribution is -2.42. The van der Waals surface area contributed by atoms with E-state index in [0.29, 0.717) is 0 Å². The number of aromatic nitrogens is 2. The third-order valence-electron chi connectivity index (χ3n) is 4.39. The third-order valence-corrected chi connectivity index (χ3v) is 4.39. The molecule has 0 radical (unpaired) electrons. The van der Waals surface area contributed by atoms with E-state index < -0.39 is 0 Å². The van der Waals surface area contributed by atoms with Crippen molar-refractivity contribution < 1.29 is 4.74 Å². The molecule has 0 spiro atoms. The lowest BCUT2D eigenvalue weighted by atomic mass is 10.1. The minimum atomic E-state index is 0.792. The normalized spacial score (nSPS) is 17.3. The van der Waals surface area contributed by atoms with Crippen molar-refractivity contribution in [3.8, 4) is 5.88 Å². The number of methoxy groups -OCH3 is 1. The number of fused-ring (bicyclic) bond motifs is 2. The van der Waals surface area contributed by atoms with Crippen LogP contribution >= 0.6 is 0 Å². The number of nitrogens with one attached hydrogen (secondary N) is 1. The largest absolute Gasteiger partial charge is 0.481 e. The van der Waals surface area contributed by atoms with Crippen molar-refractivity contribution in [1.29, 1.82) is 0 Å². The average molecular weight is 296 g/mol. The first kappa shape index (κ1) is 13.4. The number of benzene rings is 1. The molecule has 0 aliphatic carbocycles. The number of hydrogen-bond acceptors (Lipinski definition) is 4. The van der Waals surface area contributed by atoms with Crippen molar-refractivity contribution in [2.75, 3.05) is 33.3 Å². The smallest absolute Gasteiger partial charge is 0.214 e. The second-order valence-corrected chi connectivity index (χ2v) is 5.68. The second kappa shape index (κ2) is 5.50. The van der Waals surface area contributed by atoms with E-state index in [9.17, 15) is 0 Å². The highest BCUT2D eigenvalue weighted by atomic mass is 16.5. The van der Waals surface area contributed by atoms with E-state index in [-0.39, 0.29) is 0 Å². The van der Waals surface area contributed by atoms with Gasteiger partial charge in [-0.3, -0.25) is 4.57 Å². The second-order valence-electron chi connectivity index (χ2n) is 5.68. The van der Waals surface area contributed by atoms with Crippen LogP contribution < -0.4 is 10.1 Å². The van der Waals surface area contributed by atoms with Gasteiger partial charge in [-0.05, 0) is 17.2 Å². The molecular weight excluding hydrogens is 276 g/mol. The van der Waals surface area contributed by atoms with Crippen LogP contribution in [0.1, 0.15) is 17.0 Å². The van der Waals surface area contributed by atoms with E-state index in [4.69, 9.17) is 4.74 Å². The Labute approximate surface area is 130 Å². The van der Waals surface area contributed by atoms with E-state index >= 15 is 0 Å². The van der Waals surface area contributed by atoms with Gasteiger partial charge in [-0.2, -0.15) is 0 Å². The maximum Gasteiger partial charge on any atom is 0.214 e. The Morgan fingerprint density at radius 3 is 2.82 bits per heavy atom. The highest BCUT2D eigenvalue weighted by Crippen LogP contribution is 2.31. The van der Waals surface area contributed by atoms with Crippen molar-refractivity contribution in [1.82, 2.24) is 19.8 Å². The molecule has 1 aromatic carbocycles. The molecule has 4 rings (SSSR count). The third kappa shape index (κ3) is 2.18. The quantitative estimate of drug-likeness (QED) is 0.915. The maximum atomic E-state index is 5.50. The van der Waals surface area contributed by atoms with Crippen molar-refractivity contribution in [3.05, 3.63) is 47.4 Å². The van der Waals surface area contributed by atoms with Crippen LogP contribution in [0.5, 0.6) is 5.88 Å². The van der Waals surface area contributed by atoms with E-state index in [0.717, 1.165) is 44.4 Å². The van der Waals surface area contributed by atoms with Gasteiger partial charge in [0.15, 0.2) is 5.82 Å². The van der Waals surface area contributed by atoms with Gasteiger partial charge in [0.1, 0.15) is 0 Å². The highest BCUT2D eigenvalue weighted by Gasteiger charge is 2.24. The Hall–Kier alpha value is -2.27. The van der Waals surface area contributed by atoms with Crippen LogP contribution in [0.4, 0.5) is 0 Å². The summed E-state index contributed by atoms with van der Waals surface area (Å²) in [6, 6.07) is 8.54. The molecule has 5 nitrogen and oxygen atoms in total. The molecular formula is C17H20N4O. The molecule has 1 aromatic heterocycles. The summed E-state index contributed by atoms with van der Waals surface area (Å²) < 4.78 is 7.67. The molecule has 0 unspecified atom stereocenters. The number of imidazole rings is 1. The maximum absolute atomic E-state index is 5.50. The molecule has 114 valence electrons. The zero-order valence-corrected chi connectivity index (χ0v) is 12.7. The van der Waals surface area contributed by atoms with Gasteiger partial charge < -0.3 is 15.0 Å². The zero-order valence-electron chi connectivity index (χ0n) is 12.7. The van der Waals surface area contributed by atoms with Crippen LogP contribution in [0.15, 0.2) is 30.5 Å². The SMILES string of the molecule is COc1cnc2n1Cc1ccccc1C=C2N1CCNCC1. The number of rotatable bonds is 2. The summed E-state index contributed by atoms with van der Waals surface area (Å²) in [6.07, 6.45) is 4.09. The fourth-order valence-corrected chi connectivity index (χ4v) is 3.22. The van der Waals surface area contributed by atoms with Crippen LogP contribution in [0.25, 0.3) is 11.8 Å². The van der Waals surface area contributed by atoms with E-state index in [1.165, 1.54) is 16.8 Å². The minimum Gasteiger partial charge on any atom is -0.481 e. The lowest BCUT2D eigenvalue weighted by molar-refractivity contribution is 0.337. The topological polar surface area (TPSA) is 42.3 Å². The highest BCUT2D eigenvalue weighted by molar-refractivity contribution is 5.80. The van der Waals surface area contributed by atoms with Crippen molar-refractivity contribution in [3.63, 3.8) is 0 Å². The summed E-state index contributed by atoms with van der Waals surface area (Å²) in [5, 5.41) is 3.41. The molecule has 1 fully saturated rings. The predicted octanol–water partition coefficient (Wildman–Crippen LogP) is 1.66. The van der Waals surface area contributed by atoms with Crippen LogP contribution in [-0.4, -0.2) is 47.7 Å². The van der Waals surface area contributed by atoms with Crippen LogP contribution in [0, 0.1) is 0 Å². The van der Waals surface area contributed by atoms with Crippen LogP contribution in [0.2, 0.25) is 0 Å². The molecule has 22 heavy (non-hydrogen) atoms. The van der Waals surface area contributed by atoms with E-state index in [1.54, 1.807) is 7.11 Å². The van der Waals surface area contributed by atoms with Gasteiger partial charge in [0.25, 0.3) is 0 Å². The Morgan fingerprint density at radius 1 is 1.18 bits per heavy atom. The van der Waals surface area contributed by atoms with Crippen molar-refractivity contribution in [2.24, 2.45) is 0 Å². The van der Waals surface area contributed by atoms with Gasteiger partial charge in [-0.15, -0.1) is 0 Å². The number of piperazine rings is 1. The molecule has 0 amide bonds. The van der Waals surface area contributed by atoms with Crippen molar-refractivity contribution in [2.45, 2.75) is 6.54 Å². The van der Waals surface area contributed by atoms with Crippen LogP contribution in [-0.2, 0) is 6.54 Å². The lowest BCUT2D eigenvalue weighted by Gasteiger charge is -2.31. The first-order chi connectivity index (χ1) is 10.9. The first-order valence-electron chi connectivity index (χ1n) is 7.72. The van der Waals surface area contributed by atoms with Crippen LogP contribution in [0.3, 0.4) is 0 Å². The molecule has 3 heterocycles. The van der Waals surface area contributed by atoms with Gasteiger partial charge in [0.05, 0.1) is 25.5 Å². The monoisotopic (exact) mass is 296 g/mol. The molecule has 2 aliphatic heterocycles. The summed E-state index contributed by atoms with van der Waals surface area (Å²) in [5.74, 6) is 1.81. The molecule has 0 bridgehead atoms. The summed E-state index contributed by atoms with van der Waals surface area (Å²) in [5.41, 5.74) is 3.75. The summed E-state index contributed by atoms with van der Waals surface area (Å²) in [6.45, 7) is 4.82. The number of nitrogens with zero attached hydrogens (tertiary/aromatic N) is 3. The fourth-order valence-electron chi connectivity index (χ4n) is 3.22. The summed E-state index contributed by atoms with van der Waals surface area (Å²) in [4.78, 5) is 7.05. The first-order valence-corrected chi connectivity index (χ1v) is 7.72. The molecule has 1 saturated heterocycles. The van der Waals surface area contributed by atoms with Crippen molar-refractivity contribution >= 4 is 11.8 Å². The predicted molar refractivity (Wildman–Crippen MR) is 86.6 cm³/mol. The molecule has 2 aliphatic rings. The molecule has 1 N–H and O–H groups in total. The summed E-state index contributed by atoms with van der Waals surface area (Å²) in [7, 11) is 1.70. The fraction of sp³-hybridized carbons (Fsp3) is 0.353. The standard InChI is InChI=1S/C17H20N4O/c1-22-16-11-19-17-15(20-8-6-18-7-9-20)10-13-4-2-3-5-14(13)12-21(16)17/h2-5,10-11,18H,6-9,12H2,1H3. The zero-order chi connectivity index (χ0) is 14.9. The Morgan fingerprint density at radius 2 is 2.00 bits per heavy atom.